The number of rotatable bonds is 4. The van der Waals surface area contributed by atoms with Crippen LogP contribution in [0.1, 0.15) is 35.3 Å². The molecule has 1 N–H and O–H groups in total. The van der Waals surface area contributed by atoms with Gasteiger partial charge in [0.2, 0.25) is 0 Å². The molecule has 1 heterocycles. The molecule has 3 nitrogen and oxygen atoms in total. The Kier molecular flexibility index (Phi) is 4.06. The minimum atomic E-state index is -0.0725. The second-order valence-corrected chi connectivity index (χ2v) is 6.55. The van der Waals surface area contributed by atoms with Crippen LogP contribution < -0.4 is 5.32 Å². The lowest BCUT2D eigenvalue weighted by molar-refractivity contribution is 0.0930. The number of aromatic nitrogens is 1. The van der Waals surface area contributed by atoms with E-state index in [4.69, 9.17) is 0 Å². The number of hydrogen-bond donors (Lipinski definition) is 1. The Morgan fingerprint density at radius 3 is 2.67 bits per heavy atom. The topological polar surface area (TPSA) is 42.0 Å². The van der Waals surface area contributed by atoms with E-state index in [2.05, 4.69) is 45.3 Å². The van der Waals surface area contributed by atoms with E-state index in [-0.39, 0.29) is 11.9 Å². The Balaban J connectivity index is 1.81. The zero-order valence-electron chi connectivity index (χ0n) is 11.8. The van der Waals surface area contributed by atoms with Gasteiger partial charge in [0.15, 0.2) is 0 Å². The molecule has 1 saturated carbocycles. The van der Waals surface area contributed by atoms with Gasteiger partial charge in [-0.3, -0.25) is 9.78 Å². The van der Waals surface area contributed by atoms with Crippen molar-refractivity contribution in [3.63, 3.8) is 0 Å². The monoisotopic (exact) mass is 344 g/mol. The Bertz CT molecular complexity index is 644. The van der Waals surface area contributed by atoms with Crippen molar-refractivity contribution >= 4 is 21.8 Å². The number of nitrogens with one attached hydrogen (secondary N) is 1. The molecule has 2 aromatic rings. The lowest BCUT2D eigenvalue weighted by Crippen LogP contribution is -2.30. The molecule has 4 heteroatoms. The SMILES string of the molecule is CC1CC1C(NC(=O)c1cncc(Br)c1)c1ccccc1. The van der Waals surface area contributed by atoms with Gasteiger partial charge < -0.3 is 5.32 Å². The summed E-state index contributed by atoms with van der Waals surface area (Å²) in [6, 6.07) is 12.1. The van der Waals surface area contributed by atoms with Crippen LogP contribution in [0.3, 0.4) is 0 Å². The third kappa shape index (κ3) is 3.32. The molecule has 1 aliphatic rings. The zero-order valence-corrected chi connectivity index (χ0v) is 13.4. The van der Waals surface area contributed by atoms with Gasteiger partial charge in [-0.25, -0.2) is 0 Å². The molecule has 1 aliphatic carbocycles. The lowest BCUT2D eigenvalue weighted by Gasteiger charge is -2.19. The summed E-state index contributed by atoms with van der Waals surface area (Å²) in [5.41, 5.74) is 1.75. The average molecular weight is 345 g/mol. The normalized spacial score (nSPS) is 21.6. The molecular formula is C17H17BrN2O. The standard InChI is InChI=1S/C17H17BrN2O/c1-11-7-15(11)16(12-5-3-2-4-6-12)20-17(21)13-8-14(18)10-19-9-13/h2-6,8-11,15-16H,7H2,1H3,(H,20,21). The summed E-state index contributed by atoms with van der Waals surface area (Å²) in [6.07, 6.45) is 4.43. The Hall–Kier alpha value is -1.68. The molecule has 108 valence electrons. The molecule has 1 fully saturated rings. The number of pyridine rings is 1. The van der Waals surface area contributed by atoms with E-state index in [0.29, 0.717) is 17.4 Å². The van der Waals surface area contributed by atoms with Crippen LogP contribution in [0, 0.1) is 11.8 Å². The third-order valence-corrected chi connectivity index (χ3v) is 4.45. The van der Waals surface area contributed by atoms with Crippen LogP contribution >= 0.6 is 15.9 Å². The van der Waals surface area contributed by atoms with E-state index in [1.807, 2.05) is 18.2 Å². The average Bonchev–Trinajstić information content (AvgIpc) is 3.22. The van der Waals surface area contributed by atoms with Crippen molar-refractivity contribution in [2.45, 2.75) is 19.4 Å². The maximum atomic E-state index is 12.4. The highest BCUT2D eigenvalue weighted by Gasteiger charge is 2.40. The maximum absolute atomic E-state index is 12.4. The molecule has 3 atom stereocenters. The van der Waals surface area contributed by atoms with Crippen LogP contribution in [0.2, 0.25) is 0 Å². The van der Waals surface area contributed by atoms with Gasteiger partial charge in [-0.2, -0.15) is 0 Å². The van der Waals surface area contributed by atoms with Crippen LogP contribution in [0.5, 0.6) is 0 Å². The van der Waals surface area contributed by atoms with Gasteiger partial charge in [-0.05, 0) is 45.8 Å². The minimum absolute atomic E-state index is 0.0725. The van der Waals surface area contributed by atoms with E-state index in [9.17, 15) is 4.79 Å². The zero-order chi connectivity index (χ0) is 14.8. The molecular weight excluding hydrogens is 328 g/mol. The molecule has 0 spiro atoms. The van der Waals surface area contributed by atoms with Crippen LogP contribution in [0.4, 0.5) is 0 Å². The Morgan fingerprint density at radius 2 is 2.05 bits per heavy atom. The summed E-state index contributed by atoms with van der Waals surface area (Å²) < 4.78 is 0.811. The quantitative estimate of drug-likeness (QED) is 0.911. The fourth-order valence-corrected chi connectivity index (χ4v) is 3.04. The highest BCUT2D eigenvalue weighted by atomic mass is 79.9. The third-order valence-electron chi connectivity index (χ3n) is 4.01. The molecule has 0 radical (unpaired) electrons. The largest absolute Gasteiger partial charge is 0.345 e. The summed E-state index contributed by atoms with van der Waals surface area (Å²) in [6.45, 7) is 2.23. The molecule has 21 heavy (non-hydrogen) atoms. The molecule has 3 unspecified atom stereocenters. The fraction of sp³-hybridized carbons (Fsp3) is 0.294. The second kappa shape index (κ2) is 5.98. The predicted octanol–water partition coefficient (Wildman–Crippen LogP) is 3.97. The van der Waals surface area contributed by atoms with Crippen molar-refractivity contribution in [1.82, 2.24) is 10.3 Å². The predicted molar refractivity (Wildman–Crippen MR) is 85.9 cm³/mol. The molecule has 0 saturated heterocycles. The first-order valence-electron chi connectivity index (χ1n) is 7.11. The molecule has 1 aromatic heterocycles. The van der Waals surface area contributed by atoms with Gasteiger partial charge >= 0.3 is 0 Å². The maximum Gasteiger partial charge on any atom is 0.253 e. The van der Waals surface area contributed by atoms with Crippen LogP contribution in [0.25, 0.3) is 0 Å². The number of carbonyl (C=O) groups is 1. The van der Waals surface area contributed by atoms with Gasteiger partial charge in [0.25, 0.3) is 5.91 Å². The first kappa shape index (κ1) is 14.3. The van der Waals surface area contributed by atoms with Gasteiger partial charge in [0.05, 0.1) is 11.6 Å². The summed E-state index contributed by atoms with van der Waals surface area (Å²) >= 11 is 3.35. The summed E-state index contributed by atoms with van der Waals surface area (Å²) in [5, 5.41) is 3.17. The minimum Gasteiger partial charge on any atom is -0.345 e. The van der Waals surface area contributed by atoms with Crippen LogP contribution in [0.15, 0.2) is 53.3 Å². The number of carbonyl (C=O) groups excluding carboxylic acids is 1. The van der Waals surface area contributed by atoms with E-state index in [1.165, 1.54) is 5.56 Å². The molecule has 1 amide bonds. The second-order valence-electron chi connectivity index (χ2n) is 5.63. The van der Waals surface area contributed by atoms with Crippen molar-refractivity contribution in [1.29, 1.82) is 0 Å². The van der Waals surface area contributed by atoms with Gasteiger partial charge in [-0.1, -0.05) is 37.3 Å². The Morgan fingerprint density at radius 1 is 1.33 bits per heavy atom. The molecule has 1 aromatic carbocycles. The van der Waals surface area contributed by atoms with E-state index in [0.717, 1.165) is 10.9 Å². The number of amides is 1. The van der Waals surface area contributed by atoms with Gasteiger partial charge in [0.1, 0.15) is 0 Å². The van der Waals surface area contributed by atoms with Gasteiger partial charge in [0, 0.05) is 16.9 Å². The lowest BCUT2D eigenvalue weighted by atomic mass is 10.0. The number of benzene rings is 1. The van der Waals surface area contributed by atoms with Crippen LogP contribution in [-0.2, 0) is 0 Å². The van der Waals surface area contributed by atoms with Crippen LogP contribution in [-0.4, -0.2) is 10.9 Å². The fourth-order valence-electron chi connectivity index (χ4n) is 2.67. The highest BCUT2D eigenvalue weighted by molar-refractivity contribution is 9.10. The summed E-state index contributed by atoms with van der Waals surface area (Å²) in [5.74, 6) is 1.12. The molecule has 0 aliphatic heterocycles. The molecule has 0 bridgehead atoms. The number of halogens is 1. The van der Waals surface area contributed by atoms with E-state index >= 15 is 0 Å². The van der Waals surface area contributed by atoms with E-state index < -0.39 is 0 Å². The first-order chi connectivity index (χ1) is 10.1. The Labute approximate surface area is 132 Å². The summed E-state index contributed by atoms with van der Waals surface area (Å²) in [4.78, 5) is 16.5. The smallest absolute Gasteiger partial charge is 0.253 e. The van der Waals surface area contributed by atoms with E-state index in [1.54, 1.807) is 18.5 Å². The first-order valence-corrected chi connectivity index (χ1v) is 7.91. The van der Waals surface area contributed by atoms with Crippen molar-refractivity contribution in [3.8, 4) is 0 Å². The highest BCUT2D eigenvalue weighted by Crippen LogP contribution is 2.47. The molecule has 3 rings (SSSR count). The van der Waals surface area contributed by atoms with Gasteiger partial charge in [-0.15, -0.1) is 0 Å². The number of nitrogens with zero attached hydrogens (tertiary/aromatic N) is 1. The van der Waals surface area contributed by atoms with Crippen molar-refractivity contribution < 1.29 is 4.79 Å². The number of hydrogen-bond acceptors (Lipinski definition) is 2. The summed E-state index contributed by atoms with van der Waals surface area (Å²) in [7, 11) is 0. The van der Waals surface area contributed by atoms with Crippen molar-refractivity contribution in [3.05, 3.63) is 64.4 Å². The van der Waals surface area contributed by atoms with Crippen molar-refractivity contribution in [2.24, 2.45) is 11.8 Å². The van der Waals surface area contributed by atoms with Crippen molar-refractivity contribution in [2.75, 3.05) is 0 Å².